The maximum Gasteiger partial charge on any atom is 0.205 e. The molecule has 2 rings (SSSR count). The monoisotopic (exact) mass is 225 g/mol. The second-order valence-corrected chi connectivity index (χ2v) is 5.57. The summed E-state index contributed by atoms with van der Waals surface area (Å²) in [4.78, 5) is 6.85. The van der Waals surface area contributed by atoms with Crippen LogP contribution in [0, 0.1) is 24.7 Å². The van der Waals surface area contributed by atoms with Crippen LogP contribution in [0.15, 0.2) is 0 Å². The maximum atomic E-state index is 4.46. The molecule has 1 aliphatic rings. The average molecular weight is 225 g/mol. The first-order chi connectivity index (χ1) is 7.08. The number of rotatable bonds is 1. The summed E-state index contributed by atoms with van der Waals surface area (Å²) < 4.78 is 4.25. The summed E-state index contributed by atoms with van der Waals surface area (Å²) in [6.07, 6.45) is 0. The van der Waals surface area contributed by atoms with E-state index in [1.54, 1.807) is 0 Å². The van der Waals surface area contributed by atoms with Gasteiger partial charge in [0.2, 0.25) is 5.13 Å². The molecule has 2 heterocycles. The van der Waals surface area contributed by atoms with Crippen molar-refractivity contribution in [2.24, 2.45) is 17.8 Å². The fraction of sp³-hybridized carbons (Fsp3) is 0.818. The number of piperidine rings is 1. The van der Waals surface area contributed by atoms with Crippen LogP contribution in [-0.2, 0) is 0 Å². The normalized spacial score (nSPS) is 32.0. The minimum Gasteiger partial charge on any atom is -0.346 e. The van der Waals surface area contributed by atoms with Crippen molar-refractivity contribution < 1.29 is 0 Å². The lowest BCUT2D eigenvalue weighted by Gasteiger charge is -2.39. The average Bonchev–Trinajstić information content (AvgIpc) is 2.60. The zero-order valence-electron chi connectivity index (χ0n) is 9.90. The van der Waals surface area contributed by atoms with Crippen LogP contribution < -0.4 is 4.90 Å². The Balaban J connectivity index is 2.12. The molecule has 2 unspecified atom stereocenters. The molecule has 0 N–H and O–H groups in total. The molecule has 15 heavy (non-hydrogen) atoms. The van der Waals surface area contributed by atoms with Crippen LogP contribution in [0.3, 0.4) is 0 Å². The van der Waals surface area contributed by atoms with Gasteiger partial charge in [0.15, 0.2) is 0 Å². The van der Waals surface area contributed by atoms with Crippen molar-refractivity contribution in [2.75, 3.05) is 18.0 Å². The van der Waals surface area contributed by atoms with Gasteiger partial charge in [-0.1, -0.05) is 20.8 Å². The summed E-state index contributed by atoms with van der Waals surface area (Å²) in [7, 11) is 0. The first-order valence-corrected chi connectivity index (χ1v) is 6.40. The molecule has 0 amide bonds. The fourth-order valence-electron chi connectivity index (χ4n) is 2.23. The molecule has 0 aromatic carbocycles. The summed E-state index contributed by atoms with van der Waals surface area (Å²) >= 11 is 1.53. The molecule has 2 atom stereocenters. The van der Waals surface area contributed by atoms with E-state index in [9.17, 15) is 0 Å². The van der Waals surface area contributed by atoms with Gasteiger partial charge in [-0.05, 0) is 24.7 Å². The van der Waals surface area contributed by atoms with Crippen molar-refractivity contribution in [3.8, 4) is 0 Å². The van der Waals surface area contributed by atoms with E-state index >= 15 is 0 Å². The predicted octanol–water partition coefficient (Wildman–Crippen LogP) is 2.57. The number of anilines is 1. The van der Waals surface area contributed by atoms with Crippen molar-refractivity contribution >= 4 is 16.7 Å². The van der Waals surface area contributed by atoms with Crippen LogP contribution in [0.2, 0.25) is 0 Å². The number of hydrogen-bond donors (Lipinski definition) is 0. The SMILES string of the molecule is Cc1nsc(N2CC(C)C(C)C(C)C2)n1. The second kappa shape index (κ2) is 4.08. The zero-order chi connectivity index (χ0) is 11.0. The first-order valence-electron chi connectivity index (χ1n) is 5.63. The van der Waals surface area contributed by atoms with E-state index in [0.717, 1.165) is 41.8 Å². The largest absolute Gasteiger partial charge is 0.346 e. The fourth-order valence-corrected chi connectivity index (χ4v) is 2.93. The van der Waals surface area contributed by atoms with Crippen molar-refractivity contribution in [3.63, 3.8) is 0 Å². The maximum absolute atomic E-state index is 4.46. The summed E-state index contributed by atoms with van der Waals surface area (Å²) in [6.45, 7) is 11.2. The van der Waals surface area contributed by atoms with Crippen LogP contribution in [0.5, 0.6) is 0 Å². The van der Waals surface area contributed by atoms with E-state index in [0.29, 0.717) is 0 Å². The van der Waals surface area contributed by atoms with Crippen LogP contribution >= 0.6 is 11.5 Å². The predicted molar refractivity (Wildman–Crippen MR) is 64.4 cm³/mol. The Bertz CT molecular complexity index is 324. The first kappa shape index (κ1) is 10.9. The lowest BCUT2D eigenvalue weighted by Crippen LogP contribution is -2.43. The molecule has 0 aliphatic carbocycles. The second-order valence-electron chi connectivity index (χ2n) is 4.84. The number of hydrogen-bond acceptors (Lipinski definition) is 4. The molecule has 0 bridgehead atoms. The third kappa shape index (κ3) is 2.14. The minimum atomic E-state index is 0.748. The van der Waals surface area contributed by atoms with Gasteiger partial charge in [0.25, 0.3) is 0 Å². The van der Waals surface area contributed by atoms with Gasteiger partial charge in [0, 0.05) is 24.6 Å². The highest BCUT2D eigenvalue weighted by Gasteiger charge is 2.29. The Hall–Kier alpha value is -0.640. The Labute approximate surface area is 95.7 Å². The third-order valence-corrected chi connectivity index (χ3v) is 4.47. The van der Waals surface area contributed by atoms with Gasteiger partial charge in [0.05, 0.1) is 0 Å². The summed E-state index contributed by atoms with van der Waals surface area (Å²) in [5.41, 5.74) is 0. The standard InChI is InChI=1S/C11H19N3S/c1-7-5-14(6-8(2)9(7)3)11-12-10(4)13-15-11/h7-9H,5-6H2,1-4H3. The number of nitrogens with zero attached hydrogens (tertiary/aromatic N) is 3. The van der Waals surface area contributed by atoms with Gasteiger partial charge < -0.3 is 4.90 Å². The van der Waals surface area contributed by atoms with Crippen LogP contribution in [0.1, 0.15) is 26.6 Å². The highest BCUT2D eigenvalue weighted by Crippen LogP contribution is 2.31. The van der Waals surface area contributed by atoms with Crippen molar-refractivity contribution in [2.45, 2.75) is 27.7 Å². The Morgan fingerprint density at radius 3 is 2.27 bits per heavy atom. The molecular weight excluding hydrogens is 206 g/mol. The Kier molecular flexibility index (Phi) is 2.96. The van der Waals surface area contributed by atoms with Crippen molar-refractivity contribution in [1.82, 2.24) is 9.36 Å². The Morgan fingerprint density at radius 1 is 1.20 bits per heavy atom. The van der Waals surface area contributed by atoms with E-state index in [2.05, 4.69) is 35.0 Å². The van der Waals surface area contributed by atoms with E-state index in [1.165, 1.54) is 11.5 Å². The molecule has 84 valence electrons. The summed E-state index contributed by atoms with van der Waals surface area (Å²) in [5.74, 6) is 3.21. The van der Waals surface area contributed by atoms with Crippen LogP contribution in [0.25, 0.3) is 0 Å². The van der Waals surface area contributed by atoms with Gasteiger partial charge in [0.1, 0.15) is 5.82 Å². The molecule has 0 radical (unpaired) electrons. The van der Waals surface area contributed by atoms with Crippen molar-refractivity contribution in [1.29, 1.82) is 0 Å². The van der Waals surface area contributed by atoms with Gasteiger partial charge in [-0.15, -0.1) is 0 Å². The quantitative estimate of drug-likeness (QED) is 0.735. The van der Waals surface area contributed by atoms with Gasteiger partial charge in [-0.2, -0.15) is 4.37 Å². The van der Waals surface area contributed by atoms with Crippen molar-refractivity contribution in [3.05, 3.63) is 5.82 Å². The van der Waals surface area contributed by atoms with Gasteiger partial charge in [-0.3, -0.25) is 0 Å². The molecule has 0 spiro atoms. The molecule has 1 saturated heterocycles. The molecule has 1 aromatic heterocycles. The van der Waals surface area contributed by atoms with E-state index in [-0.39, 0.29) is 0 Å². The Morgan fingerprint density at radius 2 is 1.80 bits per heavy atom. The highest BCUT2D eigenvalue weighted by molar-refractivity contribution is 7.09. The summed E-state index contributed by atoms with van der Waals surface area (Å²) in [5, 5.41) is 1.10. The van der Waals surface area contributed by atoms with Crippen LogP contribution in [0.4, 0.5) is 5.13 Å². The van der Waals surface area contributed by atoms with E-state index in [4.69, 9.17) is 0 Å². The molecular formula is C11H19N3S. The molecule has 1 fully saturated rings. The van der Waals surface area contributed by atoms with Gasteiger partial charge >= 0.3 is 0 Å². The zero-order valence-corrected chi connectivity index (χ0v) is 10.7. The number of aryl methyl sites for hydroxylation is 1. The highest BCUT2D eigenvalue weighted by atomic mass is 32.1. The lowest BCUT2D eigenvalue weighted by molar-refractivity contribution is 0.240. The molecule has 1 aromatic rings. The topological polar surface area (TPSA) is 29.0 Å². The molecule has 3 nitrogen and oxygen atoms in total. The molecule has 0 saturated carbocycles. The third-order valence-electron chi connectivity index (χ3n) is 3.60. The van der Waals surface area contributed by atoms with Gasteiger partial charge in [-0.25, -0.2) is 4.98 Å². The molecule has 1 aliphatic heterocycles. The summed E-state index contributed by atoms with van der Waals surface area (Å²) in [6, 6.07) is 0. The number of aromatic nitrogens is 2. The van der Waals surface area contributed by atoms with Crippen LogP contribution in [-0.4, -0.2) is 22.4 Å². The minimum absolute atomic E-state index is 0.748. The van der Waals surface area contributed by atoms with E-state index < -0.39 is 0 Å². The smallest absolute Gasteiger partial charge is 0.205 e. The van der Waals surface area contributed by atoms with E-state index in [1.807, 2.05) is 6.92 Å². The lowest BCUT2D eigenvalue weighted by atomic mass is 9.81. The molecule has 4 heteroatoms.